The molecule has 25 heavy (non-hydrogen) atoms. The van der Waals surface area contributed by atoms with Crippen LogP contribution in [0.25, 0.3) is 0 Å². The van der Waals surface area contributed by atoms with Crippen molar-refractivity contribution in [1.82, 2.24) is 10.6 Å². The second kappa shape index (κ2) is 8.25. The first-order chi connectivity index (χ1) is 12.2. The quantitative estimate of drug-likeness (QED) is 0.614. The predicted molar refractivity (Wildman–Crippen MR) is 103 cm³/mol. The van der Waals surface area contributed by atoms with E-state index < -0.39 is 0 Å². The van der Waals surface area contributed by atoms with Gasteiger partial charge in [0.1, 0.15) is 17.6 Å². The van der Waals surface area contributed by atoms with Gasteiger partial charge in [0.05, 0.1) is 13.2 Å². The molecule has 1 unspecified atom stereocenters. The summed E-state index contributed by atoms with van der Waals surface area (Å²) in [4.78, 5) is 5.57. The molecule has 3 rings (SSSR count). The minimum Gasteiger partial charge on any atom is -0.494 e. The zero-order valence-corrected chi connectivity index (χ0v) is 15.8. The number of fused-ring (bicyclic) bond motifs is 1. The maximum absolute atomic E-state index is 5.88. The van der Waals surface area contributed by atoms with Gasteiger partial charge in [-0.05, 0) is 37.4 Å². The number of hydrogen-bond donors (Lipinski definition) is 2. The maximum Gasteiger partial charge on any atom is 0.191 e. The zero-order valence-electron chi connectivity index (χ0n) is 15.0. The molecule has 2 heterocycles. The lowest BCUT2D eigenvalue weighted by molar-refractivity contribution is 0.254. The third-order valence-electron chi connectivity index (χ3n) is 4.06. The lowest BCUT2D eigenvalue weighted by Gasteiger charge is -2.15. The van der Waals surface area contributed by atoms with Crippen LogP contribution in [0.3, 0.4) is 0 Å². The molecule has 0 saturated heterocycles. The Morgan fingerprint density at radius 3 is 2.92 bits per heavy atom. The molecular formula is C19H25N3O2S. The van der Waals surface area contributed by atoms with Crippen molar-refractivity contribution >= 4 is 17.3 Å². The molecule has 134 valence electrons. The monoisotopic (exact) mass is 359 g/mol. The van der Waals surface area contributed by atoms with Crippen molar-refractivity contribution in [3.05, 3.63) is 45.6 Å². The van der Waals surface area contributed by atoms with Crippen molar-refractivity contribution in [2.24, 2.45) is 4.99 Å². The number of nitrogens with zero attached hydrogens (tertiary/aromatic N) is 1. The van der Waals surface area contributed by atoms with Crippen LogP contribution >= 0.6 is 11.3 Å². The highest BCUT2D eigenvalue weighted by Gasteiger charge is 2.21. The molecule has 0 spiro atoms. The topological polar surface area (TPSA) is 54.9 Å². The van der Waals surface area contributed by atoms with Gasteiger partial charge in [-0.3, -0.25) is 4.99 Å². The molecule has 6 heteroatoms. The van der Waals surface area contributed by atoms with Crippen molar-refractivity contribution in [1.29, 1.82) is 0 Å². The highest BCUT2D eigenvalue weighted by atomic mass is 32.1. The van der Waals surface area contributed by atoms with Crippen LogP contribution in [0.15, 0.2) is 34.6 Å². The number of nitrogens with one attached hydrogen (secondary N) is 2. The Bertz CT molecular complexity index is 729. The van der Waals surface area contributed by atoms with Crippen molar-refractivity contribution in [3.8, 4) is 11.5 Å². The van der Waals surface area contributed by atoms with Crippen LogP contribution in [0.4, 0.5) is 0 Å². The van der Waals surface area contributed by atoms with Crippen molar-refractivity contribution in [2.45, 2.75) is 39.5 Å². The molecule has 5 nitrogen and oxygen atoms in total. The summed E-state index contributed by atoms with van der Waals surface area (Å²) in [6, 6.07) is 8.36. The fourth-order valence-corrected chi connectivity index (χ4v) is 3.54. The van der Waals surface area contributed by atoms with E-state index in [0.717, 1.165) is 36.0 Å². The highest BCUT2D eigenvalue weighted by molar-refractivity contribution is 7.09. The summed E-state index contributed by atoms with van der Waals surface area (Å²) in [6.45, 7) is 6.14. The molecule has 0 bridgehead atoms. The first-order valence-corrected chi connectivity index (χ1v) is 9.49. The predicted octanol–water partition coefficient (Wildman–Crippen LogP) is 3.34. The Kier molecular flexibility index (Phi) is 5.81. The summed E-state index contributed by atoms with van der Waals surface area (Å²) in [5.41, 5.74) is 2.30. The van der Waals surface area contributed by atoms with E-state index in [1.54, 1.807) is 18.4 Å². The maximum atomic E-state index is 5.88. The van der Waals surface area contributed by atoms with Gasteiger partial charge in [-0.25, -0.2) is 0 Å². The molecule has 0 radical (unpaired) electrons. The largest absolute Gasteiger partial charge is 0.494 e. The molecule has 2 aromatic rings. The van der Waals surface area contributed by atoms with Gasteiger partial charge in [-0.1, -0.05) is 6.07 Å². The summed E-state index contributed by atoms with van der Waals surface area (Å²) >= 11 is 1.73. The summed E-state index contributed by atoms with van der Waals surface area (Å²) in [5, 5.41) is 8.76. The lowest BCUT2D eigenvalue weighted by atomic mass is 10.1. The number of hydrogen-bond acceptors (Lipinski definition) is 4. The molecule has 1 atom stereocenters. The van der Waals surface area contributed by atoms with Gasteiger partial charge in [-0.15, -0.1) is 11.3 Å². The first kappa shape index (κ1) is 17.6. The van der Waals surface area contributed by atoms with Crippen LogP contribution in [-0.2, 0) is 19.5 Å². The lowest BCUT2D eigenvalue weighted by Crippen LogP contribution is -2.36. The minimum atomic E-state index is 0.230. The van der Waals surface area contributed by atoms with Crippen molar-refractivity contribution in [2.75, 3.05) is 13.7 Å². The number of thiophene rings is 1. The number of guanidine groups is 1. The Balaban J connectivity index is 1.65. The number of ether oxygens (including phenoxy) is 2. The molecule has 0 aliphatic carbocycles. The normalized spacial score (nSPS) is 16.3. The second-order valence-electron chi connectivity index (χ2n) is 5.99. The number of aliphatic imine (C=N–C) groups is 1. The van der Waals surface area contributed by atoms with Gasteiger partial charge in [0.2, 0.25) is 0 Å². The average Bonchev–Trinajstić information content (AvgIpc) is 3.23. The second-order valence-corrected chi connectivity index (χ2v) is 7.02. The van der Waals surface area contributed by atoms with E-state index >= 15 is 0 Å². The molecule has 1 aromatic heterocycles. The SMILES string of the molecule is CCOc1cc2c(cc1CNC(=NC)NCc1cccs1)OC(C)C2. The Hall–Kier alpha value is -2.21. The summed E-state index contributed by atoms with van der Waals surface area (Å²) < 4.78 is 11.7. The van der Waals surface area contributed by atoms with Crippen LogP contribution in [0.5, 0.6) is 11.5 Å². The van der Waals surface area contributed by atoms with E-state index in [0.29, 0.717) is 13.2 Å². The van der Waals surface area contributed by atoms with Gasteiger partial charge in [0.15, 0.2) is 5.96 Å². The van der Waals surface area contributed by atoms with Gasteiger partial charge >= 0.3 is 0 Å². The summed E-state index contributed by atoms with van der Waals surface area (Å²) in [5.74, 6) is 2.65. The summed E-state index contributed by atoms with van der Waals surface area (Å²) in [7, 11) is 1.78. The Labute approximate surface area is 153 Å². The van der Waals surface area contributed by atoms with E-state index in [1.807, 2.05) is 6.92 Å². The average molecular weight is 359 g/mol. The number of benzene rings is 1. The standard InChI is InChI=1S/C19H25N3O2S/c1-4-23-17-9-14-8-13(2)24-18(14)10-15(17)11-21-19(20-3)22-12-16-6-5-7-25-16/h5-7,9-10,13H,4,8,11-12H2,1-3H3,(H2,20,21,22). The van der Waals surface area contributed by atoms with E-state index in [-0.39, 0.29) is 6.10 Å². The Morgan fingerprint density at radius 2 is 2.20 bits per heavy atom. The first-order valence-electron chi connectivity index (χ1n) is 8.61. The Morgan fingerprint density at radius 1 is 1.36 bits per heavy atom. The van der Waals surface area contributed by atoms with E-state index in [9.17, 15) is 0 Å². The molecular weight excluding hydrogens is 334 g/mol. The smallest absolute Gasteiger partial charge is 0.191 e. The van der Waals surface area contributed by atoms with E-state index in [1.165, 1.54) is 10.4 Å². The summed E-state index contributed by atoms with van der Waals surface area (Å²) in [6.07, 6.45) is 1.17. The van der Waals surface area contributed by atoms with Crippen LogP contribution in [0, 0.1) is 0 Å². The molecule has 1 aliphatic rings. The molecule has 0 amide bonds. The fraction of sp³-hybridized carbons (Fsp3) is 0.421. The van der Waals surface area contributed by atoms with Gasteiger partial charge in [0, 0.05) is 36.0 Å². The number of rotatable bonds is 6. The third-order valence-corrected chi connectivity index (χ3v) is 4.94. The third kappa shape index (κ3) is 4.45. The zero-order chi connectivity index (χ0) is 17.6. The van der Waals surface area contributed by atoms with Gasteiger partial charge in [0.25, 0.3) is 0 Å². The fourth-order valence-electron chi connectivity index (χ4n) is 2.89. The molecule has 1 aromatic carbocycles. The van der Waals surface area contributed by atoms with Crippen molar-refractivity contribution < 1.29 is 9.47 Å². The molecule has 0 fully saturated rings. The van der Waals surface area contributed by atoms with Crippen LogP contribution < -0.4 is 20.1 Å². The van der Waals surface area contributed by atoms with Crippen LogP contribution in [0.1, 0.15) is 29.9 Å². The van der Waals surface area contributed by atoms with E-state index in [2.05, 4.69) is 52.2 Å². The highest BCUT2D eigenvalue weighted by Crippen LogP contribution is 2.35. The molecule has 1 aliphatic heterocycles. The van der Waals surface area contributed by atoms with E-state index in [4.69, 9.17) is 9.47 Å². The molecule has 0 saturated carbocycles. The van der Waals surface area contributed by atoms with Gasteiger partial charge < -0.3 is 20.1 Å². The van der Waals surface area contributed by atoms with Crippen LogP contribution in [-0.4, -0.2) is 25.7 Å². The molecule has 2 N–H and O–H groups in total. The van der Waals surface area contributed by atoms with Crippen LogP contribution in [0.2, 0.25) is 0 Å². The minimum absolute atomic E-state index is 0.230. The van der Waals surface area contributed by atoms with Gasteiger partial charge in [-0.2, -0.15) is 0 Å². The van der Waals surface area contributed by atoms with Crippen molar-refractivity contribution in [3.63, 3.8) is 0 Å².